The third-order valence-corrected chi connectivity index (χ3v) is 3.24. The van der Waals surface area contributed by atoms with E-state index in [1.807, 2.05) is 0 Å². The van der Waals surface area contributed by atoms with Crippen LogP contribution in [-0.4, -0.2) is 0 Å². The topological polar surface area (TPSA) is 0 Å². The predicted molar refractivity (Wildman–Crippen MR) is 45.9 cm³/mol. The fraction of sp³-hybridized carbons (Fsp3) is 0.800. The van der Waals surface area contributed by atoms with E-state index in [1.165, 1.54) is 12.8 Å². The van der Waals surface area contributed by atoms with Gasteiger partial charge in [-0.1, -0.05) is 26.8 Å². The monoisotopic (exact) mass is 138 g/mol. The zero-order chi connectivity index (χ0) is 7.78. The van der Waals surface area contributed by atoms with Gasteiger partial charge >= 0.3 is 0 Å². The van der Waals surface area contributed by atoms with Gasteiger partial charge in [-0.3, -0.25) is 0 Å². The van der Waals surface area contributed by atoms with E-state index in [1.54, 1.807) is 0 Å². The lowest BCUT2D eigenvalue weighted by atomic mass is 9.81. The summed E-state index contributed by atoms with van der Waals surface area (Å²) in [5.74, 6) is 1.55. The van der Waals surface area contributed by atoms with Crippen LogP contribution in [0.15, 0.2) is 12.7 Å². The van der Waals surface area contributed by atoms with Crippen molar-refractivity contribution in [3.8, 4) is 0 Å². The third-order valence-electron chi connectivity index (χ3n) is 3.24. The van der Waals surface area contributed by atoms with Gasteiger partial charge in [0.25, 0.3) is 0 Å². The van der Waals surface area contributed by atoms with Crippen LogP contribution in [-0.2, 0) is 0 Å². The van der Waals surface area contributed by atoms with Gasteiger partial charge in [0.2, 0.25) is 0 Å². The lowest BCUT2D eigenvalue weighted by Gasteiger charge is -2.24. The van der Waals surface area contributed by atoms with Gasteiger partial charge in [0.15, 0.2) is 0 Å². The first-order chi connectivity index (χ1) is 4.63. The largest absolute Gasteiger partial charge is 0.103 e. The van der Waals surface area contributed by atoms with E-state index in [0.717, 1.165) is 5.92 Å². The second-order valence-corrected chi connectivity index (χ2v) is 3.91. The number of rotatable bonds is 3. The van der Waals surface area contributed by atoms with E-state index in [-0.39, 0.29) is 0 Å². The summed E-state index contributed by atoms with van der Waals surface area (Å²) in [6.45, 7) is 10.8. The minimum Gasteiger partial charge on any atom is -0.103 e. The average molecular weight is 138 g/mol. The second kappa shape index (κ2) is 2.41. The Hall–Kier alpha value is -0.260. The smallest absolute Gasteiger partial charge is 0.0205 e. The van der Waals surface area contributed by atoms with Crippen LogP contribution in [0.3, 0.4) is 0 Å². The maximum atomic E-state index is 3.85. The third kappa shape index (κ3) is 1.00. The van der Waals surface area contributed by atoms with Gasteiger partial charge in [-0.25, -0.2) is 0 Å². The molecule has 0 aliphatic heterocycles. The highest BCUT2D eigenvalue weighted by atomic mass is 14.5. The molecule has 1 fully saturated rings. The van der Waals surface area contributed by atoms with E-state index >= 15 is 0 Å². The molecule has 0 heteroatoms. The summed E-state index contributed by atoms with van der Waals surface area (Å²) in [6.07, 6.45) is 4.93. The van der Waals surface area contributed by atoms with Crippen LogP contribution in [0.25, 0.3) is 0 Å². The Balaban J connectivity index is 2.59. The Morgan fingerprint density at radius 2 is 1.80 bits per heavy atom. The molecule has 1 aliphatic carbocycles. The molecule has 1 rings (SSSR count). The molecule has 0 bridgehead atoms. The normalized spacial score (nSPS) is 24.4. The van der Waals surface area contributed by atoms with Crippen molar-refractivity contribution in [3.63, 3.8) is 0 Å². The highest BCUT2D eigenvalue weighted by Gasteiger charge is 2.48. The molecule has 1 saturated carbocycles. The molecule has 0 radical (unpaired) electrons. The minimum absolute atomic E-state index is 0.641. The molecular weight excluding hydrogens is 120 g/mol. The highest BCUT2D eigenvalue weighted by molar-refractivity contribution is 5.04. The lowest BCUT2D eigenvalue weighted by Crippen LogP contribution is -2.17. The van der Waals surface area contributed by atoms with Crippen molar-refractivity contribution in [3.05, 3.63) is 12.7 Å². The van der Waals surface area contributed by atoms with Crippen LogP contribution in [0.5, 0.6) is 0 Å². The summed E-state index contributed by atoms with van der Waals surface area (Å²) in [5, 5.41) is 0. The van der Waals surface area contributed by atoms with Crippen molar-refractivity contribution < 1.29 is 0 Å². The van der Waals surface area contributed by atoms with Gasteiger partial charge in [0, 0.05) is 0 Å². The summed E-state index contributed by atoms with van der Waals surface area (Å²) in [6, 6.07) is 0. The molecule has 1 unspecified atom stereocenters. The molecule has 1 atom stereocenters. The summed E-state index contributed by atoms with van der Waals surface area (Å²) in [4.78, 5) is 0. The molecule has 0 aromatic heterocycles. The molecule has 1 aliphatic rings. The average Bonchev–Trinajstić information content (AvgIpc) is 2.65. The second-order valence-electron chi connectivity index (χ2n) is 3.91. The van der Waals surface area contributed by atoms with Crippen LogP contribution in [0.2, 0.25) is 0 Å². The number of hydrogen-bond acceptors (Lipinski definition) is 0. The van der Waals surface area contributed by atoms with Crippen molar-refractivity contribution in [1.82, 2.24) is 0 Å². The van der Waals surface area contributed by atoms with E-state index in [4.69, 9.17) is 0 Å². The zero-order valence-electron chi connectivity index (χ0n) is 7.35. The maximum absolute atomic E-state index is 3.85. The van der Waals surface area contributed by atoms with E-state index in [0.29, 0.717) is 11.3 Å². The summed E-state index contributed by atoms with van der Waals surface area (Å²) in [5.41, 5.74) is 0.641. The van der Waals surface area contributed by atoms with Crippen molar-refractivity contribution >= 4 is 0 Å². The highest BCUT2D eigenvalue weighted by Crippen LogP contribution is 2.57. The Morgan fingerprint density at radius 3 is 1.90 bits per heavy atom. The molecule has 10 heavy (non-hydrogen) atoms. The Labute approximate surface area is 64.3 Å². The lowest BCUT2D eigenvalue weighted by molar-refractivity contribution is 0.284. The first-order valence-electron chi connectivity index (χ1n) is 4.26. The zero-order valence-corrected chi connectivity index (χ0v) is 7.35. The van der Waals surface area contributed by atoms with Crippen LogP contribution >= 0.6 is 0 Å². The summed E-state index contributed by atoms with van der Waals surface area (Å²) in [7, 11) is 0. The minimum atomic E-state index is 0.641. The summed E-state index contributed by atoms with van der Waals surface area (Å²) >= 11 is 0. The van der Waals surface area contributed by atoms with E-state index in [9.17, 15) is 0 Å². The Kier molecular flexibility index (Phi) is 1.89. The predicted octanol–water partition coefficient (Wildman–Crippen LogP) is 3.24. The number of allylic oxidation sites excluding steroid dienone is 1. The van der Waals surface area contributed by atoms with Gasteiger partial charge in [-0.05, 0) is 30.1 Å². The molecule has 0 N–H and O–H groups in total. The standard InChI is InChI=1S/C10H18/c1-5-9(4)10(6-7-10)8(2)3/h5,8-9H,1,6-7H2,2-4H3. The van der Waals surface area contributed by atoms with Crippen LogP contribution in [0.1, 0.15) is 33.6 Å². The molecule has 58 valence electrons. The first kappa shape index (κ1) is 7.84. The molecule has 0 saturated heterocycles. The van der Waals surface area contributed by atoms with Gasteiger partial charge in [0.05, 0.1) is 0 Å². The molecule has 0 spiro atoms. The number of hydrogen-bond donors (Lipinski definition) is 0. The van der Waals surface area contributed by atoms with Crippen molar-refractivity contribution in [1.29, 1.82) is 0 Å². The quantitative estimate of drug-likeness (QED) is 0.525. The fourth-order valence-electron chi connectivity index (χ4n) is 1.94. The van der Waals surface area contributed by atoms with Crippen LogP contribution < -0.4 is 0 Å². The fourth-order valence-corrected chi connectivity index (χ4v) is 1.94. The molecular formula is C10H18. The molecule has 0 aromatic rings. The SMILES string of the molecule is C=CC(C)C1(C(C)C)CC1. The van der Waals surface area contributed by atoms with Gasteiger partial charge in [-0.2, -0.15) is 0 Å². The molecule has 0 nitrogen and oxygen atoms in total. The van der Waals surface area contributed by atoms with Gasteiger partial charge in [-0.15, -0.1) is 6.58 Å². The first-order valence-corrected chi connectivity index (χ1v) is 4.26. The van der Waals surface area contributed by atoms with Crippen LogP contribution in [0, 0.1) is 17.3 Å². The maximum Gasteiger partial charge on any atom is -0.0205 e. The van der Waals surface area contributed by atoms with Gasteiger partial charge in [0.1, 0.15) is 0 Å². The Morgan fingerprint density at radius 1 is 1.30 bits per heavy atom. The van der Waals surface area contributed by atoms with Crippen molar-refractivity contribution in [2.45, 2.75) is 33.6 Å². The Bertz CT molecular complexity index is 129. The van der Waals surface area contributed by atoms with E-state index < -0.39 is 0 Å². The molecule has 0 aromatic carbocycles. The van der Waals surface area contributed by atoms with Gasteiger partial charge < -0.3 is 0 Å². The van der Waals surface area contributed by atoms with E-state index in [2.05, 4.69) is 33.4 Å². The molecule has 0 amide bonds. The van der Waals surface area contributed by atoms with Crippen molar-refractivity contribution in [2.75, 3.05) is 0 Å². The molecule has 0 heterocycles. The van der Waals surface area contributed by atoms with Crippen molar-refractivity contribution in [2.24, 2.45) is 17.3 Å². The van der Waals surface area contributed by atoms with Crippen LogP contribution in [0.4, 0.5) is 0 Å². The summed E-state index contributed by atoms with van der Waals surface area (Å²) < 4.78 is 0.